The molecule has 0 aromatic carbocycles. The molecule has 120 valence electrons. The first kappa shape index (κ1) is 14.5. The highest BCUT2D eigenvalue weighted by Gasteiger charge is 2.59. The van der Waals surface area contributed by atoms with Crippen LogP contribution in [0.15, 0.2) is 0 Å². The van der Waals surface area contributed by atoms with Gasteiger partial charge in [-0.05, 0) is 92.3 Å². The molecule has 0 aromatic heterocycles. The molecule has 0 aromatic rings. The Morgan fingerprint density at radius 3 is 2.29 bits per heavy atom. The second-order valence-electron chi connectivity index (χ2n) is 9.22. The highest BCUT2D eigenvalue weighted by Crippen LogP contribution is 2.66. The number of aliphatic hydroxyl groups is 2. The standard InChI is InChI=1S/C19H32O2/c1-18-9-7-13(20)11-12(18)3-4-14-15-5-6-17(21)19(15,2)10-8-16(14)18/h12-17,20-21H,3-11H2,1-2H3/t12-,13+,14?,15-,16-,17?,18?,19?/m0/s1. The fourth-order valence-electron chi connectivity index (χ4n) is 7.21. The summed E-state index contributed by atoms with van der Waals surface area (Å²) in [6.45, 7) is 4.90. The first-order valence-corrected chi connectivity index (χ1v) is 9.31. The van der Waals surface area contributed by atoms with Gasteiger partial charge in [0.15, 0.2) is 0 Å². The summed E-state index contributed by atoms with van der Waals surface area (Å²) in [5.74, 6) is 3.21. The lowest BCUT2D eigenvalue weighted by atomic mass is 9.45. The van der Waals surface area contributed by atoms with Gasteiger partial charge in [-0.1, -0.05) is 13.8 Å². The Labute approximate surface area is 129 Å². The van der Waals surface area contributed by atoms with Gasteiger partial charge in [-0.2, -0.15) is 0 Å². The highest BCUT2D eigenvalue weighted by molar-refractivity contribution is 5.09. The molecule has 21 heavy (non-hydrogen) atoms. The molecule has 0 heterocycles. The lowest BCUT2D eigenvalue weighted by Crippen LogP contribution is -2.54. The van der Waals surface area contributed by atoms with Crippen molar-refractivity contribution in [2.75, 3.05) is 0 Å². The normalized spacial score (nSPS) is 60.0. The minimum absolute atomic E-state index is 0.0400. The Morgan fingerprint density at radius 2 is 1.48 bits per heavy atom. The van der Waals surface area contributed by atoms with Gasteiger partial charge in [0.05, 0.1) is 12.2 Å². The third kappa shape index (κ3) is 1.91. The number of rotatable bonds is 0. The van der Waals surface area contributed by atoms with Crippen molar-refractivity contribution in [1.82, 2.24) is 0 Å². The van der Waals surface area contributed by atoms with Crippen molar-refractivity contribution < 1.29 is 10.2 Å². The molecule has 0 aliphatic heterocycles. The fourth-order valence-corrected chi connectivity index (χ4v) is 7.21. The van der Waals surface area contributed by atoms with Crippen molar-refractivity contribution in [3.63, 3.8) is 0 Å². The maximum Gasteiger partial charge on any atom is 0.0596 e. The number of hydrogen-bond acceptors (Lipinski definition) is 2. The van der Waals surface area contributed by atoms with Crippen LogP contribution < -0.4 is 0 Å². The number of hydrogen-bond donors (Lipinski definition) is 2. The predicted molar refractivity (Wildman–Crippen MR) is 83.7 cm³/mol. The lowest BCUT2D eigenvalue weighted by molar-refractivity contribution is -0.133. The van der Waals surface area contributed by atoms with E-state index in [1.807, 2.05) is 0 Å². The summed E-state index contributed by atoms with van der Waals surface area (Å²) in [5, 5.41) is 20.5. The van der Waals surface area contributed by atoms with Gasteiger partial charge < -0.3 is 10.2 Å². The van der Waals surface area contributed by atoms with Crippen molar-refractivity contribution >= 4 is 0 Å². The maximum atomic E-state index is 10.5. The van der Waals surface area contributed by atoms with Crippen molar-refractivity contribution in [3.8, 4) is 0 Å². The van der Waals surface area contributed by atoms with Gasteiger partial charge >= 0.3 is 0 Å². The van der Waals surface area contributed by atoms with Crippen molar-refractivity contribution in [1.29, 1.82) is 0 Å². The zero-order chi connectivity index (χ0) is 14.8. The van der Waals surface area contributed by atoms with Gasteiger partial charge in [0.1, 0.15) is 0 Å². The van der Waals surface area contributed by atoms with E-state index in [4.69, 9.17) is 0 Å². The molecule has 0 amide bonds. The summed E-state index contributed by atoms with van der Waals surface area (Å²) < 4.78 is 0. The van der Waals surface area contributed by atoms with E-state index >= 15 is 0 Å². The van der Waals surface area contributed by atoms with Gasteiger partial charge in [-0.3, -0.25) is 0 Å². The van der Waals surface area contributed by atoms with Crippen LogP contribution in [0.25, 0.3) is 0 Å². The van der Waals surface area contributed by atoms with Gasteiger partial charge in [0.2, 0.25) is 0 Å². The van der Waals surface area contributed by atoms with Crippen LogP contribution >= 0.6 is 0 Å². The molecule has 4 rings (SSSR count). The van der Waals surface area contributed by atoms with E-state index in [1.54, 1.807) is 0 Å². The van der Waals surface area contributed by atoms with E-state index < -0.39 is 0 Å². The molecule has 2 nitrogen and oxygen atoms in total. The summed E-state index contributed by atoms with van der Waals surface area (Å²) in [4.78, 5) is 0. The van der Waals surface area contributed by atoms with E-state index in [9.17, 15) is 10.2 Å². The molecule has 4 fully saturated rings. The van der Waals surface area contributed by atoms with E-state index in [0.29, 0.717) is 5.41 Å². The Bertz CT molecular complexity index is 422. The summed E-state index contributed by atoms with van der Waals surface area (Å²) in [6, 6.07) is 0. The second kappa shape index (κ2) is 4.71. The molecule has 4 unspecified atom stereocenters. The van der Waals surface area contributed by atoms with Crippen molar-refractivity contribution in [2.45, 2.75) is 83.8 Å². The second-order valence-corrected chi connectivity index (χ2v) is 9.22. The van der Waals surface area contributed by atoms with Crippen LogP contribution in [0.2, 0.25) is 0 Å². The monoisotopic (exact) mass is 292 g/mol. The molecule has 2 N–H and O–H groups in total. The van der Waals surface area contributed by atoms with Crippen LogP contribution in [0.3, 0.4) is 0 Å². The van der Waals surface area contributed by atoms with Crippen LogP contribution in [-0.4, -0.2) is 22.4 Å². The maximum absolute atomic E-state index is 10.5. The predicted octanol–water partition coefficient (Wildman–Crippen LogP) is 3.75. The van der Waals surface area contributed by atoms with Crippen molar-refractivity contribution in [2.24, 2.45) is 34.5 Å². The van der Waals surface area contributed by atoms with E-state index in [0.717, 1.165) is 42.9 Å². The molecule has 4 aliphatic carbocycles. The first-order valence-electron chi connectivity index (χ1n) is 9.31. The van der Waals surface area contributed by atoms with Crippen molar-refractivity contribution in [3.05, 3.63) is 0 Å². The zero-order valence-electron chi connectivity index (χ0n) is 13.7. The topological polar surface area (TPSA) is 40.5 Å². The minimum atomic E-state index is -0.0536. The molecule has 4 saturated carbocycles. The molecular weight excluding hydrogens is 260 g/mol. The third-order valence-corrected chi connectivity index (χ3v) is 8.59. The van der Waals surface area contributed by atoms with Gasteiger partial charge in [0.25, 0.3) is 0 Å². The zero-order valence-corrected chi connectivity index (χ0v) is 13.7. The Hall–Kier alpha value is -0.0800. The molecule has 0 radical (unpaired) electrons. The molecule has 2 heteroatoms. The van der Waals surface area contributed by atoms with Gasteiger partial charge in [-0.15, -0.1) is 0 Å². The fraction of sp³-hybridized carbons (Fsp3) is 1.00. The van der Waals surface area contributed by atoms with Crippen LogP contribution in [-0.2, 0) is 0 Å². The van der Waals surface area contributed by atoms with Crippen LogP contribution in [0.4, 0.5) is 0 Å². The molecule has 4 aliphatic rings. The smallest absolute Gasteiger partial charge is 0.0596 e. The average molecular weight is 292 g/mol. The Morgan fingerprint density at radius 1 is 0.762 bits per heavy atom. The molecule has 0 spiro atoms. The SMILES string of the molecule is CC12CC[C@H]3C(CC[C@H]4C[C@H](O)CCC43C)[C@@H]1CCC2O. The van der Waals surface area contributed by atoms with Gasteiger partial charge in [-0.25, -0.2) is 0 Å². The van der Waals surface area contributed by atoms with Crippen LogP contribution in [0.1, 0.15) is 71.6 Å². The van der Waals surface area contributed by atoms with E-state index in [1.165, 1.54) is 38.5 Å². The molecule has 0 bridgehead atoms. The summed E-state index contributed by atoms with van der Waals surface area (Å²) >= 11 is 0. The minimum Gasteiger partial charge on any atom is -0.393 e. The third-order valence-electron chi connectivity index (χ3n) is 8.59. The molecule has 8 atom stereocenters. The summed E-state index contributed by atoms with van der Waals surface area (Å²) in [7, 11) is 0. The van der Waals surface area contributed by atoms with Crippen LogP contribution in [0, 0.1) is 34.5 Å². The summed E-state index contributed by atoms with van der Waals surface area (Å²) in [6.07, 6.45) is 10.7. The largest absolute Gasteiger partial charge is 0.393 e. The summed E-state index contributed by atoms with van der Waals surface area (Å²) in [5.41, 5.74) is 0.676. The quantitative estimate of drug-likeness (QED) is 0.714. The number of aliphatic hydroxyl groups excluding tert-OH is 2. The molecular formula is C19H32O2. The lowest BCUT2D eigenvalue weighted by Gasteiger charge is -2.60. The average Bonchev–Trinajstić information content (AvgIpc) is 2.76. The molecule has 0 saturated heterocycles. The highest BCUT2D eigenvalue weighted by atomic mass is 16.3. The Balaban J connectivity index is 1.62. The Kier molecular flexibility index (Phi) is 3.25. The first-order chi connectivity index (χ1) is 9.95. The van der Waals surface area contributed by atoms with E-state index in [-0.39, 0.29) is 17.6 Å². The van der Waals surface area contributed by atoms with Crippen LogP contribution in [0.5, 0.6) is 0 Å². The number of fused-ring (bicyclic) bond motifs is 5. The van der Waals surface area contributed by atoms with Gasteiger partial charge in [0, 0.05) is 0 Å². The van der Waals surface area contributed by atoms with E-state index in [2.05, 4.69) is 13.8 Å².